The first-order chi connectivity index (χ1) is 16.6. The lowest BCUT2D eigenvalue weighted by molar-refractivity contribution is 0.0340. The zero-order valence-corrected chi connectivity index (χ0v) is 19.5. The van der Waals surface area contributed by atoms with E-state index in [4.69, 9.17) is 4.74 Å². The van der Waals surface area contributed by atoms with Crippen LogP contribution in [0.4, 0.5) is 5.69 Å². The van der Waals surface area contributed by atoms with Crippen LogP contribution in [-0.4, -0.2) is 53.1 Å². The lowest BCUT2D eigenvalue weighted by Gasteiger charge is -2.31. The average Bonchev–Trinajstić information content (AvgIpc) is 2.83. The second kappa shape index (κ2) is 9.93. The van der Waals surface area contributed by atoms with Crippen LogP contribution in [-0.2, 0) is 24.4 Å². The molecule has 0 atom stereocenters. The number of hydrogen-bond donors (Lipinski definition) is 1. The van der Waals surface area contributed by atoms with Crippen molar-refractivity contribution in [3.05, 3.63) is 99.0 Å². The van der Waals surface area contributed by atoms with Gasteiger partial charge in [-0.1, -0.05) is 54.6 Å². The summed E-state index contributed by atoms with van der Waals surface area (Å²) in [5.41, 5.74) is 8.49. The molecule has 5 rings (SSSR count). The number of Topliss-reactive ketones (excluding diaryl/α,β-unsaturated/α-hetero) is 1. The van der Waals surface area contributed by atoms with Crippen molar-refractivity contribution in [2.45, 2.75) is 26.6 Å². The maximum atomic E-state index is 13.2. The Labute approximate surface area is 199 Å². The molecule has 0 radical (unpaired) electrons. The minimum absolute atomic E-state index is 0.0255. The van der Waals surface area contributed by atoms with Gasteiger partial charge in [0.1, 0.15) is 0 Å². The van der Waals surface area contributed by atoms with Crippen LogP contribution >= 0.6 is 0 Å². The number of hydrazine groups is 1. The van der Waals surface area contributed by atoms with Crippen LogP contribution in [0.25, 0.3) is 0 Å². The van der Waals surface area contributed by atoms with E-state index in [1.165, 1.54) is 5.56 Å². The van der Waals surface area contributed by atoms with Gasteiger partial charge in [-0.15, -0.1) is 0 Å². The van der Waals surface area contributed by atoms with E-state index >= 15 is 0 Å². The van der Waals surface area contributed by atoms with E-state index in [2.05, 4.69) is 22.5 Å². The normalized spacial score (nSPS) is 16.8. The highest BCUT2D eigenvalue weighted by Crippen LogP contribution is 2.25. The summed E-state index contributed by atoms with van der Waals surface area (Å²) in [4.78, 5) is 28.7. The molecule has 0 unspecified atom stereocenters. The third-order valence-corrected chi connectivity index (χ3v) is 6.62. The van der Waals surface area contributed by atoms with Crippen molar-refractivity contribution in [2.24, 2.45) is 0 Å². The maximum absolute atomic E-state index is 13.2. The number of aromatic nitrogens is 1. The average molecular weight is 459 g/mol. The number of morpholine rings is 1. The standard InChI is InChI=1S/C27H30N4O3/c1-20-27-24(28-30(19-25(27)32)16-21-7-3-2-4-8-21)15-26(33)31(20)18-23-10-6-5-9-22(23)17-29-11-13-34-14-12-29/h2-10,15,28H,11-14,16-19H2,1H3. The molecule has 3 heterocycles. The fourth-order valence-corrected chi connectivity index (χ4v) is 4.80. The molecule has 176 valence electrons. The van der Waals surface area contributed by atoms with Crippen LogP contribution in [0.2, 0.25) is 0 Å². The molecule has 3 aromatic rings. The van der Waals surface area contributed by atoms with Gasteiger partial charge in [0, 0.05) is 37.9 Å². The Morgan fingerprint density at radius 1 is 0.882 bits per heavy atom. The molecule has 2 aliphatic rings. The molecule has 34 heavy (non-hydrogen) atoms. The lowest BCUT2D eigenvalue weighted by atomic mass is 10.0. The smallest absolute Gasteiger partial charge is 0.253 e. The molecule has 0 saturated carbocycles. The second-order valence-corrected chi connectivity index (χ2v) is 8.98. The summed E-state index contributed by atoms with van der Waals surface area (Å²) in [5, 5.41) is 1.86. The van der Waals surface area contributed by atoms with Crippen LogP contribution in [0.5, 0.6) is 0 Å². The van der Waals surface area contributed by atoms with Gasteiger partial charge in [-0.2, -0.15) is 0 Å². The van der Waals surface area contributed by atoms with Crippen molar-refractivity contribution < 1.29 is 9.53 Å². The molecule has 1 aromatic heterocycles. The first-order valence-corrected chi connectivity index (χ1v) is 11.8. The molecule has 2 aromatic carbocycles. The van der Waals surface area contributed by atoms with Crippen LogP contribution in [0.3, 0.4) is 0 Å². The van der Waals surface area contributed by atoms with Gasteiger partial charge in [-0.05, 0) is 23.6 Å². The van der Waals surface area contributed by atoms with E-state index in [9.17, 15) is 9.59 Å². The van der Waals surface area contributed by atoms with Crippen LogP contribution in [0.1, 0.15) is 32.7 Å². The lowest BCUT2D eigenvalue weighted by Crippen LogP contribution is -2.41. The van der Waals surface area contributed by atoms with Crippen molar-refractivity contribution >= 4 is 11.5 Å². The molecule has 7 nitrogen and oxygen atoms in total. The number of ether oxygens (including phenoxy) is 1. The number of hydrogen-bond acceptors (Lipinski definition) is 6. The summed E-state index contributed by atoms with van der Waals surface area (Å²) >= 11 is 0. The first-order valence-electron chi connectivity index (χ1n) is 11.8. The highest BCUT2D eigenvalue weighted by molar-refractivity contribution is 6.04. The Morgan fingerprint density at radius 2 is 1.56 bits per heavy atom. The molecule has 2 aliphatic heterocycles. The molecular formula is C27H30N4O3. The number of ketones is 1. The number of fused-ring (bicyclic) bond motifs is 1. The number of nitrogens with zero attached hydrogens (tertiary/aromatic N) is 3. The fraction of sp³-hybridized carbons (Fsp3) is 0.333. The maximum Gasteiger partial charge on any atom is 0.253 e. The number of carbonyl (C=O) groups is 1. The van der Waals surface area contributed by atoms with E-state index < -0.39 is 0 Å². The fourth-order valence-electron chi connectivity index (χ4n) is 4.80. The summed E-state index contributed by atoms with van der Waals surface area (Å²) in [6.07, 6.45) is 0. The Hall–Kier alpha value is -3.26. The number of nitrogens with one attached hydrogen (secondary N) is 1. The number of benzene rings is 2. The molecule has 0 aliphatic carbocycles. The molecule has 0 spiro atoms. The van der Waals surface area contributed by atoms with Crippen LogP contribution in [0.15, 0.2) is 65.5 Å². The zero-order chi connectivity index (χ0) is 23.5. The SMILES string of the molecule is Cc1c2c(cc(=O)n1Cc1ccccc1CN1CCOCC1)NN(Cc1ccccc1)CC2=O. The summed E-state index contributed by atoms with van der Waals surface area (Å²) in [6.45, 7) is 7.31. The van der Waals surface area contributed by atoms with Gasteiger partial charge in [0.05, 0.1) is 37.6 Å². The molecule has 1 saturated heterocycles. The summed E-state index contributed by atoms with van der Waals surface area (Å²) in [5.74, 6) is 0.0255. The molecule has 1 fully saturated rings. The van der Waals surface area contributed by atoms with Crippen LogP contribution in [0, 0.1) is 6.92 Å². The molecule has 0 amide bonds. The number of anilines is 1. The minimum Gasteiger partial charge on any atom is -0.379 e. The molecule has 1 N–H and O–H groups in total. The van der Waals surface area contributed by atoms with E-state index in [1.807, 2.05) is 54.4 Å². The van der Waals surface area contributed by atoms with Gasteiger partial charge in [0.25, 0.3) is 5.56 Å². The van der Waals surface area contributed by atoms with Crippen LogP contribution < -0.4 is 11.0 Å². The summed E-state index contributed by atoms with van der Waals surface area (Å²) < 4.78 is 7.20. The van der Waals surface area contributed by atoms with Gasteiger partial charge in [-0.25, -0.2) is 5.01 Å². The summed E-state index contributed by atoms with van der Waals surface area (Å²) in [6, 6.07) is 19.8. The largest absolute Gasteiger partial charge is 0.379 e. The van der Waals surface area contributed by atoms with Gasteiger partial charge < -0.3 is 14.7 Å². The van der Waals surface area contributed by atoms with Crippen molar-refractivity contribution in [3.8, 4) is 0 Å². The van der Waals surface area contributed by atoms with E-state index in [1.54, 1.807) is 10.6 Å². The predicted octanol–water partition coefficient (Wildman–Crippen LogP) is 3.06. The third-order valence-electron chi connectivity index (χ3n) is 6.62. The zero-order valence-electron chi connectivity index (χ0n) is 19.5. The Morgan fingerprint density at radius 3 is 2.29 bits per heavy atom. The van der Waals surface area contributed by atoms with Crippen molar-refractivity contribution in [1.29, 1.82) is 0 Å². The Balaban J connectivity index is 1.40. The minimum atomic E-state index is -0.112. The van der Waals surface area contributed by atoms with Gasteiger partial charge in [-0.3, -0.25) is 14.5 Å². The van der Waals surface area contributed by atoms with Crippen molar-refractivity contribution in [1.82, 2.24) is 14.5 Å². The monoisotopic (exact) mass is 458 g/mol. The Bertz CT molecular complexity index is 1230. The predicted molar refractivity (Wildman–Crippen MR) is 132 cm³/mol. The van der Waals surface area contributed by atoms with Gasteiger partial charge >= 0.3 is 0 Å². The number of rotatable bonds is 6. The highest BCUT2D eigenvalue weighted by atomic mass is 16.5. The number of pyridine rings is 1. The van der Waals surface area contributed by atoms with Gasteiger partial charge in [0.2, 0.25) is 0 Å². The number of carbonyl (C=O) groups excluding carboxylic acids is 1. The first kappa shape index (κ1) is 22.5. The van der Waals surface area contributed by atoms with E-state index in [0.29, 0.717) is 30.0 Å². The second-order valence-electron chi connectivity index (χ2n) is 8.98. The van der Waals surface area contributed by atoms with Gasteiger partial charge in [0.15, 0.2) is 5.78 Å². The quantitative estimate of drug-likeness (QED) is 0.613. The molecular weight excluding hydrogens is 428 g/mol. The topological polar surface area (TPSA) is 66.8 Å². The van der Waals surface area contributed by atoms with E-state index in [0.717, 1.165) is 44.0 Å². The third kappa shape index (κ3) is 4.82. The molecule has 0 bridgehead atoms. The summed E-state index contributed by atoms with van der Waals surface area (Å²) in [7, 11) is 0. The van der Waals surface area contributed by atoms with E-state index in [-0.39, 0.29) is 17.9 Å². The van der Waals surface area contributed by atoms with Crippen molar-refractivity contribution in [3.63, 3.8) is 0 Å². The molecule has 7 heteroatoms. The Kier molecular flexibility index (Phi) is 6.58. The highest BCUT2D eigenvalue weighted by Gasteiger charge is 2.27. The van der Waals surface area contributed by atoms with Crippen molar-refractivity contribution in [2.75, 3.05) is 38.3 Å².